The van der Waals surface area contributed by atoms with Gasteiger partial charge in [-0.05, 0) is 73.1 Å². The second-order valence-corrected chi connectivity index (χ2v) is 9.22. The fraction of sp³-hybridized carbons (Fsp3) is 0.103. The van der Waals surface area contributed by atoms with Crippen molar-refractivity contribution in [1.29, 1.82) is 0 Å². The van der Waals surface area contributed by atoms with Crippen LogP contribution in [0.2, 0.25) is 0 Å². The number of thioether (sulfide) groups is 1. The molecule has 0 unspecified atom stereocenters. The number of hydrogen-bond donors (Lipinski definition) is 0. The van der Waals surface area contributed by atoms with Crippen molar-refractivity contribution in [3.8, 4) is 5.69 Å². The summed E-state index contributed by atoms with van der Waals surface area (Å²) in [6, 6.07) is 32.2. The zero-order valence-electron chi connectivity index (χ0n) is 19.2. The minimum Gasteiger partial charge on any atom is -0.318 e. The molecule has 0 radical (unpaired) electrons. The molecule has 168 valence electrons. The highest BCUT2D eigenvalue weighted by atomic mass is 32.2. The first kappa shape index (κ1) is 22.0. The monoisotopic (exact) mass is 463 g/mol. The molecule has 4 aromatic rings. The number of carbonyl (C=O) groups excluding carboxylic acids is 1. The molecule has 0 saturated carbocycles. The first-order valence-corrected chi connectivity index (χ1v) is 12.1. The van der Waals surface area contributed by atoms with Crippen LogP contribution in [0.5, 0.6) is 0 Å². The van der Waals surface area contributed by atoms with Crippen LogP contribution in [-0.4, -0.2) is 20.5 Å². The van der Waals surface area contributed by atoms with E-state index in [4.69, 9.17) is 4.99 Å². The van der Waals surface area contributed by atoms with E-state index in [1.54, 1.807) is 4.90 Å². The Bertz CT molecular complexity index is 1370. The SMILES string of the molecule is Cc1cc(/C=C2\SC(=Nc3ccccc3)N(Cc3ccccc3)C2=O)c(C)n1-c1ccccc1. The molecule has 0 spiro atoms. The molecule has 4 nitrogen and oxygen atoms in total. The van der Waals surface area contributed by atoms with Gasteiger partial charge in [0.15, 0.2) is 5.17 Å². The van der Waals surface area contributed by atoms with Crippen LogP contribution in [0.1, 0.15) is 22.5 Å². The molecule has 0 N–H and O–H groups in total. The van der Waals surface area contributed by atoms with Crippen LogP contribution in [0, 0.1) is 13.8 Å². The fourth-order valence-corrected chi connectivity index (χ4v) is 5.15. The van der Waals surface area contributed by atoms with Gasteiger partial charge in [0.1, 0.15) is 0 Å². The van der Waals surface area contributed by atoms with Gasteiger partial charge in [0.2, 0.25) is 0 Å². The summed E-state index contributed by atoms with van der Waals surface area (Å²) in [5, 5.41) is 0.697. The zero-order valence-corrected chi connectivity index (χ0v) is 20.0. The third kappa shape index (κ3) is 4.47. The quantitative estimate of drug-likeness (QED) is 0.302. The van der Waals surface area contributed by atoms with E-state index in [-0.39, 0.29) is 5.91 Å². The Morgan fingerprint density at radius 3 is 2.15 bits per heavy atom. The van der Waals surface area contributed by atoms with Crippen molar-refractivity contribution in [2.24, 2.45) is 4.99 Å². The van der Waals surface area contributed by atoms with Gasteiger partial charge in [-0.15, -0.1) is 0 Å². The van der Waals surface area contributed by atoms with Crippen LogP contribution in [0.25, 0.3) is 11.8 Å². The van der Waals surface area contributed by atoms with E-state index in [2.05, 4.69) is 36.6 Å². The molecule has 5 heteroatoms. The molecule has 1 saturated heterocycles. The molecule has 0 bridgehead atoms. The van der Waals surface area contributed by atoms with Gasteiger partial charge in [-0.25, -0.2) is 4.99 Å². The van der Waals surface area contributed by atoms with Crippen molar-refractivity contribution in [3.05, 3.63) is 124 Å². The standard InChI is InChI=1S/C29H25N3OS/c1-21-18-24(22(2)32(21)26-16-10-5-11-17-26)19-27-28(33)31(20-23-12-6-3-7-13-23)29(34-27)30-25-14-8-4-9-15-25/h3-19H,20H2,1-2H3/b27-19-,30-29?. The van der Waals surface area contributed by atoms with Crippen LogP contribution < -0.4 is 0 Å². The number of hydrogen-bond acceptors (Lipinski definition) is 3. The molecule has 1 aliphatic rings. The molecule has 5 rings (SSSR count). The summed E-state index contributed by atoms with van der Waals surface area (Å²) in [4.78, 5) is 20.8. The highest BCUT2D eigenvalue weighted by Gasteiger charge is 2.33. The molecular formula is C29H25N3OS. The number of aryl methyl sites for hydroxylation is 1. The lowest BCUT2D eigenvalue weighted by Gasteiger charge is -2.15. The Morgan fingerprint density at radius 1 is 0.853 bits per heavy atom. The Hall–Kier alpha value is -3.83. The predicted octanol–water partition coefficient (Wildman–Crippen LogP) is 6.90. The number of benzene rings is 3. The van der Waals surface area contributed by atoms with E-state index in [0.717, 1.165) is 33.9 Å². The van der Waals surface area contributed by atoms with Crippen molar-refractivity contribution >= 4 is 34.6 Å². The van der Waals surface area contributed by atoms with Gasteiger partial charge in [-0.2, -0.15) is 0 Å². The lowest BCUT2D eigenvalue weighted by molar-refractivity contribution is -0.122. The van der Waals surface area contributed by atoms with Gasteiger partial charge in [-0.1, -0.05) is 66.7 Å². The summed E-state index contributed by atoms with van der Waals surface area (Å²) in [5.41, 5.74) is 6.29. The number of amidine groups is 1. The lowest BCUT2D eigenvalue weighted by atomic mass is 10.2. The lowest BCUT2D eigenvalue weighted by Crippen LogP contribution is -2.28. The normalized spacial score (nSPS) is 16.1. The van der Waals surface area contributed by atoms with Crippen LogP contribution >= 0.6 is 11.8 Å². The molecular weight excluding hydrogens is 438 g/mol. The minimum absolute atomic E-state index is 0.0203. The maximum absolute atomic E-state index is 13.5. The van der Waals surface area contributed by atoms with Crippen molar-refractivity contribution in [1.82, 2.24) is 9.47 Å². The van der Waals surface area contributed by atoms with Gasteiger partial charge in [0.25, 0.3) is 5.91 Å². The summed E-state index contributed by atoms with van der Waals surface area (Å²) in [7, 11) is 0. The summed E-state index contributed by atoms with van der Waals surface area (Å²) < 4.78 is 2.22. The molecule has 3 aromatic carbocycles. The van der Waals surface area contributed by atoms with Crippen molar-refractivity contribution in [2.45, 2.75) is 20.4 Å². The molecule has 0 atom stereocenters. The van der Waals surface area contributed by atoms with E-state index < -0.39 is 0 Å². The highest BCUT2D eigenvalue weighted by molar-refractivity contribution is 8.18. The smallest absolute Gasteiger partial charge is 0.267 e. The minimum atomic E-state index is -0.0203. The van der Waals surface area contributed by atoms with E-state index in [1.165, 1.54) is 11.8 Å². The zero-order chi connectivity index (χ0) is 23.5. The second-order valence-electron chi connectivity index (χ2n) is 8.21. The molecule has 1 aliphatic heterocycles. The topological polar surface area (TPSA) is 37.6 Å². The summed E-state index contributed by atoms with van der Waals surface area (Å²) in [6.45, 7) is 4.67. The molecule has 1 amide bonds. The van der Waals surface area contributed by atoms with Crippen molar-refractivity contribution < 1.29 is 4.79 Å². The Kier molecular flexibility index (Phi) is 6.19. The van der Waals surface area contributed by atoms with Crippen LogP contribution in [0.4, 0.5) is 5.69 Å². The first-order chi connectivity index (χ1) is 16.6. The second kappa shape index (κ2) is 9.57. The predicted molar refractivity (Wildman–Crippen MR) is 141 cm³/mol. The van der Waals surface area contributed by atoms with Crippen LogP contribution in [0.3, 0.4) is 0 Å². The number of rotatable bonds is 5. The number of carbonyl (C=O) groups is 1. The van der Waals surface area contributed by atoms with E-state index >= 15 is 0 Å². The Balaban J connectivity index is 1.52. The number of nitrogens with zero attached hydrogens (tertiary/aromatic N) is 3. The Labute approximate surface area is 204 Å². The van der Waals surface area contributed by atoms with Gasteiger partial charge in [0, 0.05) is 17.1 Å². The van der Waals surface area contributed by atoms with Crippen molar-refractivity contribution in [2.75, 3.05) is 0 Å². The van der Waals surface area contributed by atoms with Gasteiger partial charge in [0.05, 0.1) is 17.1 Å². The number of aliphatic imine (C=N–C) groups is 1. The number of para-hydroxylation sites is 2. The summed E-state index contributed by atoms with van der Waals surface area (Å²) >= 11 is 1.43. The van der Waals surface area contributed by atoms with Crippen molar-refractivity contribution in [3.63, 3.8) is 0 Å². The summed E-state index contributed by atoms with van der Waals surface area (Å²) in [5.74, 6) is -0.0203. The first-order valence-electron chi connectivity index (χ1n) is 11.2. The van der Waals surface area contributed by atoms with E-state index in [9.17, 15) is 4.79 Å². The number of amides is 1. The van der Waals surface area contributed by atoms with Gasteiger partial charge in [-0.3, -0.25) is 9.69 Å². The van der Waals surface area contributed by atoms with Crippen LogP contribution in [0.15, 0.2) is 107 Å². The average Bonchev–Trinajstić information content (AvgIpc) is 3.30. The molecule has 1 fully saturated rings. The molecule has 1 aromatic heterocycles. The van der Waals surface area contributed by atoms with Crippen LogP contribution in [-0.2, 0) is 11.3 Å². The molecule has 0 aliphatic carbocycles. The third-order valence-electron chi connectivity index (χ3n) is 5.82. The average molecular weight is 464 g/mol. The Morgan fingerprint density at radius 2 is 1.47 bits per heavy atom. The largest absolute Gasteiger partial charge is 0.318 e. The summed E-state index contributed by atoms with van der Waals surface area (Å²) in [6.07, 6.45) is 2.00. The van der Waals surface area contributed by atoms with Gasteiger partial charge < -0.3 is 4.57 Å². The van der Waals surface area contributed by atoms with Gasteiger partial charge >= 0.3 is 0 Å². The maximum Gasteiger partial charge on any atom is 0.267 e. The third-order valence-corrected chi connectivity index (χ3v) is 6.83. The van der Waals surface area contributed by atoms with E-state index in [0.29, 0.717) is 16.6 Å². The molecule has 2 heterocycles. The maximum atomic E-state index is 13.5. The van der Waals surface area contributed by atoms with E-state index in [1.807, 2.05) is 84.9 Å². The number of aromatic nitrogens is 1. The fourth-order valence-electron chi connectivity index (χ4n) is 4.16. The highest BCUT2D eigenvalue weighted by Crippen LogP contribution is 2.36. The molecule has 34 heavy (non-hydrogen) atoms.